The van der Waals surface area contributed by atoms with E-state index in [1.165, 1.54) is 28.7 Å². The normalized spacial score (nSPS) is 10.8. The molecule has 0 saturated heterocycles. The van der Waals surface area contributed by atoms with Gasteiger partial charge in [-0.2, -0.15) is 0 Å². The largest absolute Gasteiger partial charge is 0.307 e. The number of thioether (sulfide) groups is 1. The minimum Gasteiger partial charge on any atom is -0.307 e. The van der Waals surface area contributed by atoms with Crippen molar-refractivity contribution in [3.05, 3.63) is 41.0 Å². The first-order valence-electron chi connectivity index (χ1n) is 7.92. The molecule has 0 atom stereocenters. The number of hydrogen-bond acceptors (Lipinski definition) is 6. The molecular weight excluding hydrogens is 354 g/mol. The molecule has 0 spiro atoms. The fraction of sp³-hybridized carbons (Fsp3) is 0.294. The van der Waals surface area contributed by atoms with E-state index in [-0.39, 0.29) is 11.7 Å². The number of benzene rings is 1. The number of aryl methyl sites for hydroxylation is 2. The average molecular weight is 374 g/mol. The van der Waals surface area contributed by atoms with Crippen molar-refractivity contribution < 1.29 is 4.79 Å². The first-order valence-corrected chi connectivity index (χ1v) is 9.78. The van der Waals surface area contributed by atoms with Gasteiger partial charge in [0.25, 0.3) is 0 Å². The third kappa shape index (κ3) is 4.26. The summed E-state index contributed by atoms with van der Waals surface area (Å²) in [6.45, 7) is 6.77. The van der Waals surface area contributed by atoms with Crippen LogP contribution in [0.5, 0.6) is 0 Å². The molecule has 1 N–H and O–H groups in total. The molecule has 0 radical (unpaired) electrons. The number of amides is 1. The quantitative estimate of drug-likeness (QED) is 0.666. The van der Waals surface area contributed by atoms with E-state index in [1.807, 2.05) is 35.9 Å². The van der Waals surface area contributed by atoms with Crippen LogP contribution >= 0.6 is 23.1 Å². The van der Waals surface area contributed by atoms with Crippen LogP contribution in [-0.4, -0.2) is 31.4 Å². The molecule has 3 aromatic rings. The molecule has 1 aromatic carbocycles. The van der Waals surface area contributed by atoms with Crippen molar-refractivity contribution in [1.82, 2.24) is 19.7 Å². The predicted octanol–water partition coefficient (Wildman–Crippen LogP) is 3.77. The fourth-order valence-corrected chi connectivity index (χ4v) is 3.89. The Morgan fingerprint density at radius 2 is 2.00 bits per heavy atom. The highest BCUT2D eigenvalue weighted by molar-refractivity contribution is 7.99. The molecule has 3 rings (SSSR count). The molecule has 0 aliphatic heterocycles. The Hall–Kier alpha value is -2.19. The summed E-state index contributed by atoms with van der Waals surface area (Å²) >= 11 is 2.80. The summed E-state index contributed by atoms with van der Waals surface area (Å²) in [6, 6.07) is 8.17. The van der Waals surface area contributed by atoms with E-state index < -0.39 is 0 Å². The van der Waals surface area contributed by atoms with Crippen LogP contribution in [0.4, 0.5) is 5.13 Å². The summed E-state index contributed by atoms with van der Waals surface area (Å²) in [5.74, 6) is 1.03. The molecule has 0 aliphatic carbocycles. The second-order valence-corrected chi connectivity index (χ2v) is 7.32. The topological polar surface area (TPSA) is 72.7 Å². The lowest BCUT2D eigenvalue weighted by molar-refractivity contribution is -0.113. The summed E-state index contributed by atoms with van der Waals surface area (Å²) < 4.78 is 1.98. The molecule has 0 bridgehead atoms. The number of carbonyl (C=O) groups is 1. The standard InChI is InChI=1S/C17H19N5OS2/c1-4-22-12(3)20-21-17(22)25-10-15(23)19-16-18-14(9-24-16)13-7-5-11(2)6-8-13/h5-9H,4,10H2,1-3H3,(H,18,19,23). The van der Waals surface area contributed by atoms with Gasteiger partial charge in [0.15, 0.2) is 10.3 Å². The maximum atomic E-state index is 12.2. The van der Waals surface area contributed by atoms with Crippen LogP contribution in [0.1, 0.15) is 18.3 Å². The Bertz CT molecular complexity index is 870. The van der Waals surface area contributed by atoms with E-state index in [0.29, 0.717) is 5.13 Å². The third-order valence-electron chi connectivity index (χ3n) is 3.65. The van der Waals surface area contributed by atoms with Crippen LogP contribution in [-0.2, 0) is 11.3 Å². The van der Waals surface area contributed by atoms with Crippen molar-refractivity contribution in [3.63, 3.8) is 0 Å². The van der Waals surface area contributed by atoms with Crippen LogP contribution in [0, 0.1) is 13.8 Å². The number of nitrogens with zero attached hydrogens (tertiary/aromatic N) is 4. The minimum atomic E-state index is -0.0990. The van der Waals surface area contributed by atoms with Gasteiger partial charge in [-0.15, -0.1) is 21.5 Å². The van der Waals surface area contributed by atoms with E-state index in [4.69, 9.17) is 0 Å². The van der Waals surface area contributed by atoms with Crippen LogP contribution in [0.25, 0.3) is 11.3 Å². The van der Waals surface area contributed by atoms with Crippen molar-refractivity contribution in [3.8, 4) is 11.3 Å². The number of carbonyl (C=O) groups excluding carboxylic acids is 1. The van der Waals surface area contributed by atoms with Crippen LogP contribution in [0.15, 0.2) is 34.8 Å². The Balaban J connectivity index is 1.59. The monoisotopic (exact) mass is 373 g/mol. The van der Waals surface area contributed by atoms with Gasteiger partial charge in [0.1, 0.15) is 5.82 Å². The van der Waals surface area contributed by atoms with E-state index in [9.17, 15) is 4.79 Å². The highest BCUT2D eigenvalue weighted by atomic mass is 32.2. The van der Waals surface area contributed by atoms with Crippen molar-refractivity contribution in [2.45, 2.75) is 32.5 Å². The zero-order valence-corrected chi connectivity index (χ0v) is 15.9. The predicted molar refractivity (Wildman–Crippen MR) is 102 cm³/mol. The van der Waals surface area contributed by atoms with Gasteiger partial charge in [-0.3, -0.25) is 4.79 Å². The molecule has 0 fully saturated rings. The number of aromatic nitrogens is 4. The molecule has 0 saturated carbocycles. The van der Waals surface area contributed by atoms with E-state index in [1.54, 1.807) is 0 Å². The van der Waals surface area contributed by atoms with Gasteiger partial charge in [0.05, 0.1) is 11.4 Å². The Labute approximate surface area is 154 Å². The summed E-state index contributed by atoms with van der Waals surface area (Å²) in [6.07, 6.45) is 0. The average Bonchev–Trinajstić information content (AvgIpc) is 3.20. The van der Waals surface area contributed by atoms with Crippen molar-refractivity contribution in [2.75, 3.05) is 11.1 Å². The van der Waals surface area contributed by atoms with Crippen LogP contribution in [0.2, 0.25) is 0 Å². The highest BCUT2D eigenvalue weighted by Crippen LogP contribution is 2.25. The van der Waals surface area contributed by atoms with Gasteiger partial charge in [0, 0.05) is 17.5 Å². The summed E-state index contributed by atoms with van der Waals surface area (Å²) in [5, 5.41) is 14.3. The van der Waals surface area contributed by atoms with E-state index in [2.05, 4.69) is 39.6 Å². The maximum Gasteiger partial charge on any atom is 0.236 e. The Kier molecular flexibility index (Phi) is 5.50. The van der Waals surface area contributed by atoms with Crippen molar-refractivity contribution in [1.29, 1.82) is 0 Å². The zero-order valence-electron chi connectivity index (χ0n) is 14.3. The second kappa shape index (κ2) is 7.79. The van der Waals surface area contributed by atoms with Gasteiger partial charge >= 0.3 is 0 Å². The molecule has 1 amide bonds. The lowest BCUT2D eigenvalue weighted by Crippen LogP contribution is -2.14. The summed E-state index contributed by atoms with van der Waals surface area (Å²) in [7, 11) is 0. The van der Waals surface area contributed by atoms with E-state index in [0.717, 1.165) is 28.8 Å². The van der Waals surface area contributed by atoms with Gasteiger partial charge in [0.2, 0.25) is 5.91 Å². The number of thiazole rings is 1. The van der Waals surface area contributed by atoms with Gasteiger partial charge < -0.3 is 9.88 Å². The van der Waals surface area contributed by atoms with Crippen LogP contribution in [0.3, 0.4) is 0 Å². The molecule has 130 valence electrons. The molecule has 2 heterocycles. The minimum absolute atomic E-state index is 0.0990. The lowest BCUT2D eigenvalue weighted by Gasteiger charge is -2.04. The van der Waals surface area contributed by atoms with Gasteiger partial charge in [-0.1, -0.05) is 41.6 Å². The molecule has 25 heavy (non-hydrogen) atoms. The SMILES string of the molecule is CCn1c(C)nnc1SCC(=O)Nc1nc(-c2ccc(C)cc2)cs1. The smallest absolute Gasteiger partial charge is 0.236 e. The van der Waals surface area contributed by atoms with Crippen molar-refractivity contribution >= 4 is 34.1 Å². The zero-order chi connectivity index (χ0) is 17.8. The molecule has 2 aromatic heterocycles. The first-order chi connectivity index (χ1) is 12.1. The van der Waals surface area contributed by atoms with Crippen molar-refractivity contribution in [2.24, 2.45) is 0 Å². The number of rotatable bonds is 6. The van der Waals surface area contributed by atoms with E-state index >= 15 is 0 Å². The summed E-state index contributed by atoms with van der Waals surface area (Å²) in [5.41, 5.74) is 3.12. The number of anilines is 1. The fourth-order valence-electron chi connectivity index (χ4n) is 2.31. The lowest BCUT2D eigenvalue weighted by atomic mass is 10.1. The Morgan fingerprint density at radius 3 is 2.72 bits per heavy atom. The molecule has 0 aliphatic rings. The molecule has 8 heteroatoms. The highest BCUT2D eigenvalue weighted by Gasteiger charge is 2.12. The van der Waals surface area contributed by atoms with Gasteiger partial charge in [-0.05, 0) is 20.8 Å². The number of hydrogen-bond donors (Lipinski definition) is 1. The first kappa shape index (κ1) is 17.6. The molecular formula is C17H19N5OS2. The maximum absolute atomic E-state index is 12.2. The molecule has 6 nitrogen and oxygen atoms in total. The molecule has 0 unspecified atom stereocenters. The summed E-state index contributed by atoms with van der Waals surface area (Å²) in [4.78, 5) is 16.6. The number of nitrogens with one attached hydrogen (secondary N) is 1. The second-order valence-electron chi connectivity index (χ2n) is 5.51. The third-order valence-corrected chi connectivity index (χ3v) is 5.37. The van der Waals surface area contributed by atoms with Crippen LogP contribution < -0.4 is 5.32 Å². The Morgan fingerprint density at radius 1 is 1.24 bits per heavy atom. The van der Waals surface area contributed by atoms with Gasteiger partial charge in [-0.25, -0.2) is 4.98 Å².